The average molecular weight is 410 g/mol. The largest absolute Gasteiger partial charge is 0.409 e. The second-order valence-corrected chi connectivity index (χ2v) is 18.6. The lowest BCUT2D eigenvalue weighted by Gasteiger charge is -2.42. The summed E-state index contributed by atoms with van der Waals surface area (Å²) in [6.07, 6.45) is -0.644. The van der Waals surface area contributed by atoms with Crippen LogP contribution in [-0.4, -0.2) is 65.7 Å². The first-order chi connectivity index (χ1) is 10.8. The van der Waals surface area contributed by atoms with Crippen molar-refractivity contribution in [3.63, 3.8) is 0 Å². The lowest BCUT2D eigenvalue weighted by molar-refractivity contribution is -0.0656. The summed E-state index contributed by atoms with van der Waals surface area (Å²) < 4.78 is 36.4. The van der Waals surface area contributed by atoms with Crippen LogP contribution in [0.1, 0.15) is 20.8 Å². The summed E-state index contributed by atoms with van der Waals surface area (Å²) in [5, 5.41) is 0.0679. The maximum Gasteiger partial charge on any atom is 0.254 e. The lowest BCUT2D eigenvalue weighted by Crippen LogP contribution is -2.54. The van der Waals surface area contributed by atoms with Crippen LogP contribution in [0.25, 0.3) is 0 Å². The van der Waals surface area contributed by atoms with Crippen LogP contribution >= 0.6 is 26.8 Å². The molecule has 0 saturated carbocycles. The predicted molar refractivity (Wildman–Crippen MR) is 106 cm³/mol. The van der Waals surface area contributed by atoms with E-state index in [0.717, 1.165) is 0 Å². The average Bonchev–Trinajstić information content (AvgIpc) is 2.67. The molecule has 2 rings (SSSR count). The third-order valence-electron chi connectivity index (χ3n) is 5.08. The van der Waals surface area contributed by atoms with Gasteiger partial charge in [0.1, 0.15) is 19.6 Å². The van der Waals surface area contributed by atoms with E-state index in [-0.39, 0.29) is 23.9 Å². The smallest absolute Gasteiger partial charge is 0.254 e. The van der Waals surface area contributed by atoms with Gasteiger partial charge in [0.15, 0.2) is 8.32 Å². The van der Waals surface area contributed by atoms with Crippen molar-refractivity contribution in [1.82, 2.24) is 0 Å². The molecule has 0 bridgehead atoms. The van der Waals surface area contributed by atoms with Crippen LogP contribution in [0.15, 0.2) is 0 Å². The molecule has 2 radical (unpaired) electrons. The Morgan fingerprint density at radius 1 is 1.42 bits per heavy atom. The van der Waals surface area contributed by atoms with E-state index in [4.69, 9.17) is 26.1 Å². The quantitative estimate of drug-likeness (QED) is 0.519. The van der Waals surface area contributed by atoms with Gasteiger partial charge in [0.05, 0.1) is 12.7 Å². The molecule has 1 spiro atoms. The normalized spacial score (nSPS) is 41.5. The van der Waals surface area contributed by atoms with Crippen LogP contribution in [0, 0.1) is 0 Å². The first-order valence-electron chi connectivity index (χ1n) is 8.14. The maximum absolute atomic E-state index is 12.2. The molecule has 3 unspecified atom stereocenters. The fraction of sp³-hybridized carbons (Fsp3) is 1.00. The minimum Gasteiger partial charge on any atom is -0.409 e. The Balaban J connectivity index is 2.24. The SMILES string of the molecule is [B][C@@H]1O[C@@]2(COP(C)(=O)SC2)C(OPC)[C@@H]1O[Si](C)(C)C(C)(C)C. The Bertz CT molecular complexity index is 504. The summed E-state index contributed by atoms with van der Waals surface area (Å²) in [5.41, 5.74) is -0.690. The van der Waals surface area contributed by atoms with Gasteiger partial charge in [-0.15, -0.1) is 0 Å². The molecular weight excluding hydrogens is 381 g/mol. The zero-order valence-corrected chi connectivity index (χ0v) is 19.3. The molecule has 2 heterocycles. The Kier molecular flexibility index (Phi) is 6.50. The van der Waals surface area contributed by atoms with Gasteiger partial charge < -0.3 is 18.2 Å². The minimum atomic E-state index is -2.61. The van der Waals surface area contributed by atoms with Gasteiger partial charge in [-0.05, 0) is 24.8 Å². The van der Waals surface area contributed by atoms with E-state index in [1.54, 1.807) is 6.66 Å². The Labute approximate surface area is 154 Å². The number of hydrogen-bond acceptors (Lipinski definition) is 6. The van der Waals surface area contributed by atoms with E-state index < -0.39 is 26.5 Å². The fourth-order valence-electron chi connectivity index (χ4n) is 2.59. The highest BCUT2D eigenvalue weighted by molar-refractivity contribution is 8.56. The van der Waals surface area contributed by atoms with Crippen molar-refractivity contribution in [1.29, 1.82) is 0 Å². The van der Waals surface area contributed by atoms with Crippen molar-refractivity contribution < 1.29 is 22.8 Å². The van der Waals surface area contributed by atoms with Crippen LogP contribution in [-0.2, 0) is 22.8 Å². The highest BCUT2D eigenvalue weighted by atomic mass is 32.7. The summed E-state index contributed by atoms with van der Waals surface area (Å²) in [4.78, 5) is 0. The van der Waals surface area contributed by atoms with Crippen molar-refractivity contribution in [3.05, 3.63) is 0 Å². The third-order valence-corrected chi connectivity index (χ3v) is 13.8. The van der Waals surface area contributed by atoms with E-state index >= 15 is 0 Å². The number of hydrogen-bond donors (Lipinski definition) is 0. The highest BCUT2D eigenvalue weighted by Crippen LogP contribution is 2.62. The molecule has 0 aromatic carbocycles. The predicted octanol–water partition coefficient (Wildman–Crippen LogP) is 3.84. The molecule has 2 aliphatic rings. The van der Waals surface area contributed by atoms with Crippen molar-refractivity contribution in [3.8, 4) is 0 Å². The first-order valence-corrected chi connectivity index (χ1v) is 16.1. The molecular formula is C14H29BO5P2SSi. The molecule has 0 aromatic heterocycles. The van der Waals surface area contributed by atoms with Gasteiger partial charge in [-0.25, -0.2) is 0 Å². The topological polar surface area (TPSA) is 54.0 Å². The second kappa shape index (κ2) is 7.27. The van der Waals surface area contributed by atoms with Gasteiger partial charge >= 0.3 is 0 Å². The summed E-state index contributed by atoms with van der Waals surface area (Å²) >= 11 is 1.31. The molecule has 5 nitrogen and oxygen atoms in total. The van der Waals surface area contributed by atoms with Crippen molar-refractivity contribution in [2.45, 2.75) is 62.7 Å². The Morgan fingerprint density at radius 3 is 2.50 bits per heavy atom. The molecule has 2 fully saturated rings. The van der Waals surface area contributed by atoms with Gasteiger partial charge in [0.2, 0.25) is 0 Å². The van der Waals surface area contributed by atoms with Crippen LogP contribution < -0.4 is 0 Å². The van der Waals surface area contributed by atoms with Gasteiger partial charge in [0.25, 0.3) is 6.57 Å². The van der Waals surface area contributed by atoms with Crippen LogP contribution in [0.4, 0.5) is 0 Å². The Morgan fingerprint density at radius 2 is 2.04 bits per heavy atom. The molecule has 6 atom stereocenters. The van der Waals surface area contributed by atoms with Crippen molar-refractivity contribution in [2.24, 2.45) is 0 Å². The molecule has 24 heavy (non-hydrogen) atoms. The summed E-state index contributed by atoms with van der Waals surface area (Å²) in [6, 6.07) is -0.570. The van der Waals surface area contributed by atoms with Gasteiger partial charge in [-0.3, -0.25) is 4.57 Å². The second-order valence-electron chi connectivity index (χ2n) is 8.05. The van der Waals surface area contributed by atoms with Gasteiger partial charge in [0, 0.05) is 27.2 Å². The molecule has 2 aliphatic heterocycles. The third kappa shape index (κ3) is 4.33. The molecule has 0 N–H and O–H groups in total. The summed E-state index contributed by atoms with van der Waals surface area (Å²) in [6.45, 7) is 12.2. The molecule has 2 saturated heterocycles. The van der Waals surface area contributed by atoms with Crippen LogP contribution in [0.5, 0.6) is 0 Å². The zero-order chi connectivity index (χ0) is 18.4. The highest BCUT2D eigenvalue weighted by Gasteiger charge is 2.59. The van der Waals surface area contributed by atoms with Crippen LogP contribution in [0.3, 0.4) is 0 Å². The fourth-order valence-corrected chi connectivity index (χ4v) is 7.52. The molecule has 0 aliphatic carbocycles. The summed E-state index contributed by atoms with van der Waals surface area (Å²) in [7, 11) is 4.55. The lowest BCUT2D eigenvalue weighted by atomic mass is 9.90. The van der Waals surface area contributed by atoms with Gasteiger partial charge in [-0.2, -0.15) is 0 Å². The maximum atomic E-state index is 12.2. The monoisotopic (exact) mass is 410 g/mol. The number of ether oxygens (including phenoxy) is 1. The standard InChI is InChI=1S/C14H29BO5P2SSi/c1-13(2,3)24(6,7)20-10-11(19-21-4)14(18-12(10)15)8-17-22(5,16)23-9-14/h10-12,21H,8-9H2,1-7H3/t10-,11?,12+,14+,22?/m0/s1. The van der Waals surface area contributed by atoms with Gasteiger partial charge in [-0.1, -0.05) is 32.2 Å². The molecule has 10 heteroatoms. The van der Waals surface area contributed by atoms with E-state index in [1.807, 2.05) is 6.66 Å². The van der Waals surface area contributed by atoms with Crippen molar-refractivity contribution >= 4 is 42.9 Å². The van der Waals surface area contributed by atoms with E-state index in [0.29, 0.717) is 14.6 Å². The minimum absolute atomic E-state index is 0.0679. The van der Waals surface area contributed by atoms with Crippen molar-refractivity contribution in [2.75, 3.05) is 25.7 Å². The Hall–Kier alpha value is 1.13. The van der Waals surface area contributed by atoms with E-state index in [1.165, 1.54) is 11.4 Å². The first kappa shape index (κ1) is 21.4. The molecule has 0 amide bonds. The summed E-state index contributed by atoms with van der Waals surface area (Å²) in [5.74, 6) is 0.543. The molecule has 138 valence electrons. The number of rotatable bonds is 4. The zero-order valence-electron chi connectivity index (χ0n) is 15.6. The van der Waals surface area contributed by atoms with E-state index in [2.05, 4.69) is 33.9 Å². The van der Waals surface area contributed by atoms with E-state index in [9.17, 15) is 4.57 Å². The molecule has 0 aromatic rings. The van der Waals surface area contributed by atoms with Crippen LogP contribution in [0.2, 0.25) is 18.1 Å².